The van der Waals surface area contributed by atoms with Gasteiger partial charge in [-0.1, -0.05) is 30.3 Å². The zero-order valence-electron chi connectivity index (χ0n) is 10.1. The molecule has 0 atom stereocenters. The lowest BCUT2D eigenvalue weighted by Gasteiger charge is -2.18. The summed E-state index contributed by atoms with van der Waals surface area (Å²) in [6.45, 7) is 0. The van der Waals surface area contributed by atoms with E-state index in [4.69, 9.17) is 5.11 Å². The van der Waals surface area contributed by atoms with E-state index in [-0.39, 0.29) is 16.1 Å². The van der Waals surface area contributed by atoms with E-state index in [9.17, 15) is 13.2 Å². The van der Waals surface area contributed by atoms with E-state index in [0.29, 0.717) is 0 Å². The molecule has 2 aromatic rings. The maximum Gasteiger partial charge on any atom is 0.337 e. The molecule has 0 bridgehead atoms. The van der Waals surface area contributed by atoms with Gasteiger partial charge in [-0.25, -0.2) is 13.2 Å². The molecule has 0 fully saturated rings. The van der Waals surface area contributed by atoms with Gasteiger partial charge in [-0.3, -0.25) is 0 Å². The zero-order chi connectivity index (χ0) is 14.8. The Kier molecular flexibility index (Phi) is 4.10. The molecule has 0 saturated heterocycles. The summed E-state index contributed by atoms with van der Waals surface area (Å²) in [5.74, 6) is -1.20. The minimum absolute atomic E-state index is 0.0452. The van der Waals surface area contributed by atoms with Gasteiger partial charge in [-0.2, -0.15) is 3.33 Å². The quantitative estimate of drug-likeness (QED) is 0.855. The normalized spacial score (nSPS) is 11.1. The first-order valence-electron chi connectivity index (χ1n) is 5.53. The van der Waals surface area contributed by atoms with Crippen LogP contribution in [0.25, 0.3) is 0 Å². The van der Waals surface area contributed by atoms with Crippen LogP contribution < -0.4 is 3.33 Å². The Morgan fingerprint density at radius 3 is 2.15 bits per heavy atom. The lowest BCUT2D eigenvalue weighted by atomic mass is 10.2. The van der Waals surface area contributed by atoms with E-state index in [1.54, 1.807) is 24.3 Å². The molecular formula is C13H10BrNO4S. The molecule has 104 valence electrons. The second-order valence-corrected chi connectivity index (χ2v) is 6.82. The van der Waals surface area contributed by atoms with E-state index in [1.165, 1.54) is 30.3 Å². The maximum atomic E-state index is 12.4. The summed E-state index contributed by atoms with van der Waals surface area (Å²) in [5, 5.41) is 9.11. The van der Waals surface area contributed by atoms with Crippen LogP contribution in [0.2, 0.25) is 0 Å². The molecule has 0 aromatic heterocycles. The van der Waals surface area contributed by atoms with Crippen LogP contribution in [0.4, 0.5) is 5.69 Å². The Labute approximate surface area is 124 Å². The molecule has 7 heteroatoms. The Bertz CT molecular complexity index is 731. The number of sulfonamides is 1. The monoisotopic (exact) mass is 355 g/mol. The number of nitrogens with zero attached hydrogens (tertiary/aromatic N) is 1. The van der Waals surface area contributed by atoms with Crippen molar-refractivity contribution in [3.8, 4) is 0 Å². The number of para-hydroxylation sites is 1. The van der Waals surface area contributed by atoms with Crippen LogP contribution in [0.15, 0.2) is 59.5 Å². The molecular weight excluding hydrogens is 346 g/mol. The fraction of sp³-hybridized carbons (Fsp3) is 0. The highest BCUT2D eigenvalue weighted by atomic mass is 79.9. The third kappa shape index (κ3) is 2.68. The van der Waals surface area contributed by atoms with Gasteiger partial charge in [0.2, 0.25) is 0 Å². The Hall–Kier alpha value is -1.86. The van der Waals surface area contributed by atoms with Crippen LogP contribution in [-0.4, -0.2) is 19.5 Å². The number of carboxylic acid groups (broad SMARTS) is 1. The largest absolute Gasteiger partial charge is 0.478 e. The van der Waals surface area contributed by atoms with Crippen LogP contribution in [0.5, 0.6) is 0 Å². The molecule has 0 unspecified atom stereocenters. The van der Waals surface area contributed by atoms with Gasteiger partial charge in [-0.15, -0.1) is 0 Å². The highest BCUT2D eigenvalue weighted by Gasteiger charge is 2.26. The van der Waals surface area contributed by atoms with Gasteiger partial charge >= 0.3 is 5.97 Å². The molecule has 0 spiro atoms. The Morgan fingerprint density at radius 2 is 1.55 bits per heavy atom. The first kappa shape index (κ1) is 14.5. The molecule has 0 aliphatic heterocycles. The van der Waals surface area contributed by atoms with Gasteiger partial charge < -0.3 is 5.11 Å². The molecule has 0 aliphatic rings. The fourth-order valence-corrected chi connectivity index (χ4v) is 3.54. The molecule has 20 heavy (non-hydrogen) atoms. The van der Waals surface area contributed by atoms with Crippen LogP contribution in [0, 0.1) is 0 Å². The zero-order valence-corrected chi connectivity index (χ0v) is 12.5. The summed E-state index contributed by atoms with van der Waals surface area (Å²) in [5.41, 5.74) is -0.0623. The molecule has 2 aromatic carbocycles. The van der Waals surface area contributed by atoms with Crippen molar-refractivity contribution in [2.45, 2.75) is 4.90 Å². The van der Waals surface area contributed by atoms with Gasteiger partial charge in [-0.05, 0) is 24.3 Å². The number of benzene rings is 2. The summed E-state index contributed by atoms with van der Waals surface area (Å²) >= 11 is 2.95. The minimum Gasteiger partial charge on any atom is -0.478 e. The van der Waals surface area contributed by atoms with Crippen LogP contribution in [0.1, 0.15) is 10.4 Å². The van der Waals surface area contributed by atoms with E-state index >= 15 is 0 Å². The Morgan fingerprint density at radius 1 is 1.00 bits per heavy atom. The van der Waals surface area contributed by atoms with Crippen molar-refractivity contribution in [2.75, 3.05) is 3.33 Å². The molecule has 1 N–H and O–H groups in total. The lowest BCUT2D eigenvalue weighted by molar-refractivity contribution is 0.0698. The van der Waals surface area contributed by atoms with Gasteiger partial charge in [0.05, 0.1) is 32.3 Å². The molecule has 0 saturated carbocycles. The number of halogens is 1. The molecule has 2 rings (SSSR count). The summed E-state index contributed by atoms with van der Waals surface area (Å²) < 4.78 is 25.6. The van der Waals surface area contributed by atoms with Crippen molar-refractivity contribution in [2.24, 2.45) is 0 Å². The number of carboxylic acids is 1. The lowest BCUT2D eigenvalue weighted by Crippen LogP contribution is -2.22. The van der Waals surface area contributed by atoms with E-state index < -0.39 is 16.0 Å². The topological polar surface area (TPSA) is 74.7 Å². The van der Waals surface area contributed by atoms with E-state index in [1.807, 2.05) is 0 Å². The van der Waals surface area contributed by atoms with Crippen LogP contribution in [0.3, 0.4) is 0 Å². The average Bonchev–Trinajstić information content (AvgIpc) is 2.47. The molecule has 0 aliphatic carbocycles. The van der Waals surface area contributed by atoms with Crippen LogP contribution >= 0.6 is 16.1 Å². The number of hydrogen-bond donors (Lipinski definition) is 1. The van der Waals surface area contributed by atoms with Crippen molar-refractivity contribution in [3.63, 3.8) is 0 Å². The summed E-state index contributed by atoms with van der Waals surface area (Å²) in [7, 11) is -3.86. The molecule has 0 amide bonds. The fourth-order valence-electron chi connectivity index (χ4n) is 1.62. The second kappa shape index (κ2) is 5.64. The van der Waals surface area contributed by atoms with Gasteiger partial charge in [0.15, 0.2) is 0 Å². The highest BCUT2D eigenvalue weighted by molar-refractivity contribution is 9.11. The second-order valence-electron chi connectivity index (χ2n) is 3.86. The third-order valence-corrected chi connectivity index (χ3v) is 5.59. The molecule has 0 radical (unpaired) electrons. The number of aromatic carboxylic acids is 1. The highest BCUT2D eigenvalue weighted by Crippen LogP contribution is 2.29. The third-order valence-electron chi connectivity index (χ3n) is 2.58. The molecule has 5 nitrogen and oxygen atoms in total. The van der Waals surface area contributed by atoms with Gasteiger partial charge in [0.1, 0.15) is 0 Å². The van der Waals surface area contributed by atoms with Crippen LogP contribution in [-0.2, 0) is 10.0 Å². The number of anilines is 1. The van der Waals surface area contributed by atoms with Crippen molar-refractivity contribution in [1.29, 1.82) is 0 Å². The SMILES string of the molecule is O=C(O)c1ccccc1N(Br)S(=O)(=O)c1ccccc1. The maximum absolute atomic E-state index is 12.4. The number of rotatable bonds is 4. The van der Waals surface area contributed by atoms with Crippen molar-refractivity contribution >= 4 is 37.8 Å². The summed E-state index contributed by atoms with van der Waals surface area (Å²) in [6.07, 6.45) is 0. The van der Waals surface area contributed by atoms with Crippen molar-refractivity contribution in [1.82, 2.24) is 0 Å². The summed E-state index contributed by atoms with van der Waals surface area (Å²) in [4.78, 5) is 11.2. The standard InChI is InChI=1S/C13H10BrNO4S/c14-15(12-9-5-4-8-11(12)13(16)17)20(18,19)10-6-2-1-3-7-10/h1-9H,(H,16,17). The van der Waals surface area contributed by atoms with Gasteiger partial charge in [0.25, 0.3) is 10.0 Å². The predicted octanol–water partition coefficient (Wildman–Crippen LogP) is 2.89. The predicted molar refractivity (Wildman–Crippen MR) is 78.4 cm³/mol. The average molecular weight is 356 g/mol. The first-order valence-corrected chi connectivity index (χ1v) is 7.68. The van der Waals surface area contributed by atoms with Crippen molar-refractivity contribution in [3.05, 3.63) is 60.2 Å². The first-order chi connectivity index (χ1) is 9.44. The van der Waals surface area contributed by atoms with E-state index in [0.717, 1.165) is 3.33 Å². The minimum atomic E-state index is -3.86. The van der Waals surface area contributed by atoms with Crippen molar-refractivity contribution < 1.29 is 18.3 Å². The van der Waals surface area contributed by atoms with Gasteiger partial charge in [0, 0.05) is 0 Å². The smallest absolute Gasteiger partial charge is 0.337 e. The Balaban J connectivity index is 2.52. The number of carbonyl (C=O) groups is 1. The number of hydrogen-bond acceptors (Lipinski definition) is 3. The summed E-state index contributed by atoms with van der Waals surface area (Å²) in [6, 6.07) is 13.6. The molecule has 0 heterocycles. The van der Waals surface area contributed by atoms with E-state index in [2.05, 4.69) is 16.1 Å².